The number of fused-ring (bicyclic) bond motifs is 2. The molecule has 2 heterocycles. The Hall–Kier alpha value is -4.81. The molecule has 12 nitrogen and oxygen atoms in total. The lowest BCUT2D eigenvalue weighted by molar-refractivity contribution is -0.145. The van der Waals surface area contributed by atoms with Gasteiger partial charge in [0.15, 0.2) is 23.0 Å². The summed E-state index contributed by atoms with van der Waals surface area (Å²) in [6, 6.07) is 20.5. The number of ether oxygens (including phenoxy) is 4. The number of rotatable bonds is 17. The Morgan fingerprint density at radius 1 is 0.771 bits per heavy atom. The van der Waals surface area contributed by atoms with Crippen LogP contribution >= 0.6 is 0 Å². The van der Waals surface area contributed by atoms with Crippen molar-refractivity contribution < 1.29 is 33.3 Å². The Balaban J connectivity index is 1.26. The number of carbonyl (C=O) groups excluding carboxylic acids is 3. The predicted octanol–water partition coefficient (Wildman–Crippen LogP) is 3.44. The second kappa shape index (κ2) is 16.8. The number of hydrogen-bond donors (Lipinski definition) is 2. The third-order valence-corrected chi connectivity index (χ3v) is 8.52. The largest absolute Gasteiger partial charge is 0.454 e. The van der Waals surface area contributed by atoms with Crippen molar-refractivity contribution in [2.45, 2.75) is 45.8 Å². The van der Waals surface area contributed by atoms with Gasteiger partial charge < -0.3 is 44.7 Å². The molecule has 12 heteroatoms. The summed E-state index contributed by atoms with van der Waals surface area (Å²) in [5.41, 5.74) is 8.50. The van der Waals surface area contributed by atoms with Crippen LogP contribution in [0.2, 0.25) is 0 Å². The lowest BCUT2D eigenvalue weighted by Crippen LogP contribution is -2.49. The minimum Gasteiger partial charge on any atom is -0.454 e. The number of benzene rings is 3. The first-order valence-corrected chi connectivity index (χ1v) is 16.4. The van der Waals surface area contributed by atoms with E-state index in [1.807, 2.05) is 80.6 Å². The molecule has 2 aliphatic heterocycles. The Labute approximate surface area is 281 Å². The molecule has 0 fully saturated rings. The molecule has 2 aliphatic rings. The molecule has 48 heavy (non-hydrogen) atoms. The van der Waals surface area contributed by atoms with E-state index in [4.69, 9.17) is 24.7 Å². The minimum atomic E-state index is -0.380. The highest BCUT2D eigenvalue weighted by atomic mass is 16.7. The average molecular weight is 660 g/mol. The van der Waals surface area contributed by atoms with E-state index in [0.29, 0.717) is 68.6 Å². The molecule has 256 valence electrons. The molecule has 0 spiro atoms. The maximum Gasteiger partial charge on any atom is 0.242 e. The second-order valence-corrected chi connectivity index (χ2v) is 11.8. The zero-order valence-electron chi connectivity index (χ0n) is 27.7. The lowest BCUT2D eigenvalue weighted by Gasteiger charge is -2.33. The molecule has 3 N–H and O–H groups in total. The van der Waals surface area contributed by atoms with Crippen molar-refractivity contribution in [2.24, 2.45) is 5.73 Å². The number of likely N-dealkylation sites (N-methyl/N-ethyl adjacent to an activating group) is 1. The van der Waals surface area contributed by atoms with E-state index < -0.39 is 0 Å². The first-order chi connectivity index (χ1) is 23.4. The molecule has 1 atom stereocenters. The molecule has 0 saturated carbocycles. The van der Waals surface area contributed by atoms with Gasteiger partial charge in [0.05, 0.1) is 19.1 Å². The highest BCUT2D eigenvalue weighted by Gasteiger charge is 2.28. The molecule has 3 aromatic rings. The van der Waals surface area contributed by atoms with Gasteiger partial charge >= 0.3 is 0 Å². The second-order valence-electron chi connectivity index (χ2n) is 11.8. The Kier molecular flexibility index (Phi) is 12.1. The van der Waals surface area contributed by atoms with Crippen LogP contribution in [0.4, 0.5) is 0 Å². The molecular weight excluding hydrogens is 614 g/mol. The van der Waals surface area contributed by atoms with Gasteiger partial charge in [-0.25, -0.2) is 0 Å². The third kappa shape index (κ3) is 8.96. The van der Waals surface area contributed by atoms with Crippen molar-refractivity contribution in [3.63, 3.8) is 0 Å². The van der Waals surface area contributed by atoms with Crippen molar-refractivity contribution >= 4 is 17.7 Å². The van der Waals surface area contributed by atoms with Crippen molar-refractivity contribution in [3.05, 3.63) is 83.4 Å². The third-order valence-electron chi connectivity index (χ3n) is 8.52. The van der Waals surface area contributed by atoms with Gasteiger partial charge in [0.2, 0.25) is 31.3 Å². The van der Waals surface area contributed by atoms with E-state index in [1.54, 1.807) is 14.7 Å². The molecular formula is C36H45N5O7. The van der Waals surface area contributed by atoms with Crippen LogP contribution in [0.25, 0.3) is 0 Å². The van der Waals surface area contributed by atoms with Gasteiger partial charge in [-0.15, -0.1) is 0 Å². The first-order valence-electron chi connectivity index (χ1n) is 16.4. The van der Waals surface area contributed by atoms with Gasteiger partial charge in [-0.1, -0.05) is 42.5 Å². The van der Waals surface area contributed by atoms with Gasteiger partial charge in [0.25, 0.3) is 0 Å². The first kappa shape index (κ1) is 34.5. The summed E-state index contributed by atoms with van der Waals surface area (Å²) in [5.74, 6) is 1.98. The standard InChI is InChI=1S/C36H45N5O7/c1-3-39(21-28-12-14-31-33(18-28)48-25-46-31)35(43)22-40(16-8-7-15-37)36(44)23-41(26(2)29-9-5-4-6-10-29)34(42)20-38-19-27-11-13-30-32(17-27)47-24-45-30/h4-6,9-14,17-18,26,38H,3,7-8,15-16,19-25,37H2,1-2H3. The molecule has 3 amide bonds. The zero-order valence-corrected chi connectivity index (χ0v) is 27.7. The molecule has 0 aliphatic carbocycles. The number of carbonyl (C=O) groups is 3. The van der Waals surface area contributed by atoms with Crippen molar-refractivity contribution in [2.75, 3.05) is 52.9 Å². The maximum atomic E-state index is 14.0. The summed E-state index contributed by atoms with van der Waals surface area (Å²) in [4.78, 5) is 46.2. The van der Waals surface area contributed by atoms with Crippen LogP contribution in [-0.2, 0) is 27.5 Å². The van der Waals surface area contributed by atoms with Crippen molar-refractivity contribution in [1.82, 2.24) is 20.0 Å². The minimum absolute atomic E-state index is 0.0180. The van der Waals surface area contributed by atoms with E-state index in [1.165, 1.54) is 0 Å². The summed E-state index contributed by atoms with van der Waals surface area (Å²) in [6.45, 7) is 6.00. The molecule has 0 aromatic heterocycles. The fourth-order valence-corrected chi connectivity index (χ4v) is 5.70. The van der Waals surface area contributed by atoms with Crippen molar-refractivity contribution in [3.8, 4) is 23.0 Å². The molecule has 1 unspecified atom stereocenters. The Morgan fingerprint density at radius 2 is 1.40 bits per heavy atom. The fourth-order valence-electron chi connectivity index (χ4n) is 5.70. The highest BCUT2D eigenvalue weighted by Crippen LogP contribution is 2.33. The van der Waals surface area contributed by atoms with Crippen LogP contribution in [0, 0.1) is 0 Å². The molecule has 0 bridgehead atoms. The van der Waals surface area contributed by atoms with Crippen LogP contribution in [0.1, 0.15) is 49.4 Å². The SMILES string of the molecule is CCN(Cc1ccc2c(c1)OCO2)C(=O)CN(CCCCN)C(=O)CN(C(=O)CNCc1ccc2c(c1)OCO2)C(C)c1ccccc1. The summed E-state index contributed by atoms with van der Waals surface area (Å²) in [6.07, 6.45) is 1.35. The van der Waals surface area contributed by atoms with Crippen LogP contribution < -0.4 is 30.0 Å². The van der Waals surface area contributed by atoms with E-state index in [-0.39, 0.29) is 57.0 Å². The van der Waals surface area contributed by atoms with Crippen LogP contribution in [0.15, 0.2) is 66.7 Å². The van der Waals surface area contributed by atoms with Gasteiger partial charge in [-0.05, 0) is 74.2 Å². The lowest BCUT2D eigenvalue weighted by atomic mass is 10.1. The molecule has 3 aromatic carbocycles. The fraction of sp³-hybridized carbons (Fsp3) is 0.417. The van der Waals surface area contributed by atoms with E-state index in [2.05, 4.69) is 5.32 Å². The van der Waals surface area contributed by atoms with E-state index in [9.17, 15) is 14.4 Å². The number of nitrogens with one attached hydrogen (secondary N) is 1. The monoisotopic (exact) mass is 659 g/mol. The van der Waals surface area contributed by atoms with Gasteiger partial charge in [0.1, 0.15) is 6.54 Å². The van der Waals surface area contributed by atoms with Crippen LogP contribution in [0.3, 0.4) is 0 Å². The quantitative estimate of drug-likeness (QED) is 0.209. The summed E-state index contributed by atoms with van der Waals surface area (Å²) >= 11 is 0. The number of amides is 3. The summed E-state index contributed by atoms with van der Waals surface area (Å²) < 4.78 is 21.8. The average Bonchev–Trinajstić information content (AvgIpc) is 3.78. The summed E-state index contributed by atoms with van der Waals surface area (Å²) in [5, 5.41) is 3.21. The molecule has 0 saturated heterocycles. The topological polar surface area (TPSA) is 136 Å². The highest BCUT2D eigenvalue weighted by molar-refractivity contribution is 5.89. The van der Waals surface area contributed by atoms with Gasteiger partial charge in [0, 0.05) is 26.2 Å². The van der Waals surface area contributed by atoms with Crippen LogP contribution in [0.5, 0.6) is 23.0 Å². The van der Waals surface area contributed by atoms with Gasteiger partial charge in [-0.3, -0.25) is 14.4 Å². The van der Waals surface area contributed by atoms with E-state index in [0.717, 1.165) is 16.7 Å². The summed E-state index contributed by atoms with van der Waals surface area (Å²) in [7, 11) is 0. The predicted molar refractivity (Wildman–Crippen MR) is 179 cm³/mol. The molecule has 5 rings (SSSR count). The number of nitrogens with two attached hydrogens (primary N) is 1. The number of hydrogen-bond acceptors (Lipinski definition) is 9. The smallest absolute Gasteiger partial charge is 0.242 e. The normalized spacial score (nSPS) is 13.2. The van der Waals surface area contributed by atoms with E-state index >= 15 is 0 Å². The Morgan fingerprint density at radius 3 is 2.06 bits per heavy atom. The molecule has 0 radical (unpaired) electrons. The number of nitrogens with zero attached hydrogens (tertiary/aromatic N) is 3. The van der Waals surface area contributed by atoms with Gasteiger partial charge in [-0.2, -0.15) is 0 Å². The Bertz CT molecular complexity index is 1550. The maximum absolute atomic E-state index is 14.0. The number of unbranched alkanes of at least 4 members (excludes halogenated alkanes) is 1. The zero-order chi connectivity index (χ0) is 33.9. The van der Waals surface area contributed by atoms with Crippen LogP contribution in [-0.4, -0.2) is 85.3 Å². The van der Waals surface area contributed by atoms with Crippen molar-refractivity contribution in [1.29, 1.82) is 0 Å².